The van der Waals surface area contributed by atoms with Crippen LogP contribution in [0.3, 0.4) is 0 Å². The van der Waals surface area contributed by atoms with Gasteiger partial charge in [0, 0.05) is 11.9 Å². The Kier molecular flexibility index (Phi) is 6.39. The van der Waals surface area contributed by atoms with E-state index in [0.29, 0.717) is 18.1 Å². The lowest BCUT2D eigenvalue weighted by Crippen LogP contribution is -2.27. The van der Waals surface area contributed by atoms with Gasteiger partial charge in [-0.25, -0.2) is 4.98 Å². The van der Waals surface area contributed by atoms with Crippen molar-refractivity contribution in [2.75, 3.05) is 26.2 Å². The number of para-hydroxylation sites is 1. The Labute approximate surface area is 163 Å². The molecule has 0 radical (unpaired) electrons. The molecule has 0 aliphatic heterocycles. The van der Waals surface area contributed by atoms with Crippen LogP contribution in [0.2, 0.25) is 0 Å². The molecule has 0 bridgehead atoms. The first-order valence-electron chi connectivity index (χ1n) is 9.28. The van der Waals surface area contributed by atoms with E-state index in [4.69, 9.17) is 9.15 Å². The predicted molar refractivity (Wildman–Crippen MR) is 109 cm³/mol. The second-order valence-electron chi connectivity index (χ2n) is 6.21. The van der Waals surface area contributed by atoms with Crippen LogP contribution in [0.25, 0.3) is 23.1 Å². The molecule has 1 aromatic carbocycles. The van der Waals surface area contributed by atoms with Crippen LogP contribution in [-0.2, 0) is 0 Å². The molecule has 0 N–H and O–H groups in total. The Morgan fingerprint density at radius 3 is 2.68 bits per heavy atom. The van der Waals surface area contributed by atoms with Crippen molar-refractivity contribution in [1.82, 2.24) is 9.88 Å². The summed E-state index contributed by atoms with van der Waals surface area (Å²) in [5.74, 6) is 0.862. The maximum Gasteiger partial charge on any atom is 0.433 e. The average Bonchev–Trinajstić information content (AvgIpc) is 3.19. The van der Waals surface area contributed by atoms with Crippen LogP contribution in [0.15, 0.2) is 46.9 Å². The van der Waals surface area contributed by atoms with Crippen LogP contribution >= 0.6 is 0 Å². The monoisotopic (exact) mass is 381 g/mol. The third kappa shape index (κ3) is 4.75. The van der Waals surface area contributed by atoms with Crippen molar-refractivity contribution in [2.45, 2.75) is 13.8 Å². The van der Waals surface area contributed by atoms with Crippen LogP contribution in [0.5, 0.6) is 5.75 Å². The van der Waals surface area contributed by atoms with E-state index in [9.17, 15) is 10.1 Å². The average molecular weight is 381 g/mol. The molecule has 146 valence electrons. The van der Waals surface area contributed by atoms with Crippen LogP contribution in [0.1, 0.15) is 25.3 Å². The Morgan fingerprint density at radius 2 is 1.96 bits per heavy atom. The second kappa shape index (κ2) is 9.14. The summed E-state index contributed by atoms with van der Waals surface area (Å²) < 4.78 is 11.1. The zero-order chi connectivity index (χ0) is 19.9. The molecule has 0 saturated heterocycles. The molecule has 0 spiro atoms. The molecule has 0 aliphatic rings. The van der Waals surface area contributed by atoms with Gasteiger partial charge in [-0.15, -0.1) is 0 Å². The predicted octanol–water partition coefficient (Wildman–Crippen LogP) is 4.63. The molecule has 7 nitrogen and oxygen atoms in total. The lowest BCUT2D eigenvalue weighted by atomic mass is 10.2. The number of pyridine rings is 1. The minimum atomic E-state index is -0.562. The highest BCUT2D eigenvalue weighted by molar-refractivity contribution is 5.86. The summed E-state index contributed by atoms with van der Waals surface area (Å²) in [7, 11) is 0. The minimum absolute atomic E-state index is 0.282. The molecule has 0 aliphatic carbocycles. The zero-order valence-electron chi connectivity index (χ0n) is 16.0. The normalized spacial score (nSPS) is 11.5. The van der Waals surface area contributed by atoms with Crippen molar-refractivity contribution in [3.8, 4) is 5.75 Å². The van der Waals surface area contributed by atoms with Gasteiger partial charge in [0.15, 0.2) is 0 Å². The lowest BCUT2D eigenvalue weighted by Gasteiger charge is -2.18. The summed E-state index contributed by atoms with van der Waals surface area (Å²) in [6, 6.07) is 12.6. The van der Waals surface area contributed by atoms with Crippen LogP contribution in [0.4, 0.5) is 5.88 Å². The quantitative estimate of drug-likeness (QED) is 0.397. The van der Waals surface area contributed by atoms with Crippen molar-refractivity contribution in [2.24, 2.45) is 0 Å². The van der Waals surface area contributed by atoms with Gasteiger partial charge in [0.05, 0.1) is 11.8 Å². The van der Waals surface area contributed by atoms with Crippen LogP contribution in [-0.4, -0.2) is 41.0 Å². The molecule has 0 saturated carbocycles. The Bertz CT molecular complexity index is 977. The number of hydrogen-bond donors (Lipinski definition) is 0. The number of hydrogen-bond acceptors (Lipinski definition) is 6. The summed E-state index contributed by atoms with van der Waals surface area (Å²) in [5, 5.41) is 11.7. The number of aromatic nitrogens is 1. The van der Waals surface area contributed by atoms with Crippen molar-refractivity contribution in [1.29, 1.82) is 0 Å². The summed E-state index contributed by atoms with van der Waals surface area (Å²) in [4.78, 5) is 17.1. The van der Waals surface area contributed by atoms with E-state index >= 15 is 0 Å². The summed E-state index contributed by atoms with van der Waals surface area (Å²) in [6.45, 7) is 7.71. The largest absolute Gasteiger partial charge is 0.490 e. The molecule has 2 aromatic heterocycles. The first-order valence-corrected chi connectivity index (χ1v) is 9.28. The number of likely N-dealkylation sites (N-methyl/N-ethyl adjacent to an activating group) is 1. The van der Waals surface area contributed by atoms with Gasteiger partial charge in [-0.2, -0.15) is 0 Å². The van der Waals surface area contributed by atoms with Crippen LogP contribution in [0, 0.1) is 10.1 Å². The third-order valence-corrected chi connectivity index (χ3v) is 4.48. The summed E-state index contributed by atoms with van der Waals surface area (Å²) in [5.41, 5.74) is 1.50. The van der Waals surface area contributed by atoms with Gasteiger partial charge in [0.2, 0.25) is 0 Å². The second-order valence-corrected chi connectivity index (χ2v) is 6.21. The highest BCUT2D eigenvalue weighted by Crippen LogP contribution is 2.25. The number of furan rings is 1. The van der Waals surface area contributed by atoms with Gasteiger partial charge < -0.3 is 14.1 Å². The molecular formula is C21H23N3O4. The molecule has 0 unspecified atom stereocenters. The fourth-order valence-electron chi connectivity index (χ4n) is 2.87. The first-order chi connectivity index (χ1) is 13.6. The van der Waals surface area contributed by atoms with E-state index in [0.717, 1.165) is 36.3 Å². The van der Waals surface area contributed by atoms with E-state index in [1.54, 1.807) is 18.2 Å². The van der Waals surface area contributed by atoms with Crippen molar-refractivity contribution in [3.63, 3.8) is 0 Å². The number of rotatable bonds is 9. The smallest absolute Gasteiger partial charge is 0.433 e. The molecule has 0 fully saturated rings. The van der Waals surface area contributed by atoms with E-state index in [1.165, 1.54) is 6.07 Å². The Hall–Kier alpha value is -3.19. The van der Waals surface area contributed by atoms with Gasteiger partial charge in [-0.1, -0.05) is 32.0 Å². The lowest BCUT2D eigenvalue weighted by molar-refractivity contribution is -0.402. The SMILES string of the molecule is CCN(CC)CCOc1cccc2ccc(C=Cc3ccc([N+](=O)[O-])o3)nc12. The van der Waals surface area contributed by atoms with Gasteiger partial charge in [0.25, 0.3) is 0 Å². The number of nitrogens with zero attached hydrogens (tertiary/aromatic N) is 3. The fourth-order valence-corrected chi connectivity index (χ4v) is 2.87. The van der Waals surface area contributed by atoms with Gasteiger partial charge in [-0.3, -0.25) is 10.1 Å². The number of nitro groups is 1. The first kappa shape index (κ1) is 19.6. The van der Waals surface area contributed by atoms with Gasteiger partial charge in [0.1, 0.15) is 28.6 Å². The topological polar surface area (TPSA) is 81.6 Å². The molecule has 3 aromatic rings. The molecule has 7 heteroatoms. The minimum Gasteiger partial charge on any atom is -0.490 e. The highest BCUT2D eigenvalue weighted by Gasteiger charge is 2.10. The zero-order valence-corrected chi connectivity index (χ0v) is 16.0. The Balaban J connectivity index is 1.77. The molecule has 0 amide bonds. The number of ether oxygens (including phenoxy) is 1. The standard InChI is InChI=1S/C21H23N3O4/c1-3-23(4-2)14-15-27-19-7-5-6-16-8-9-17(22-21(16)19)10-11-18-12-13-20(28-18)24(25)26/h5-13H,3-4,14-15H2,1-2H3. The molecule has 0 atom stereocenters. The van der Waals surface area contributed by atoms with Crippen molar-refractivity contribution < 1.29 is 14.1 Å². The van der Waals surface area contributed by atoms with Crippen molar-refractivity contribution >= 4 is 28.9 Å². The van der Waals surface area contributed by atoms with Crippen LogP contribution < -0.4 is 4.74 Å². The molecular weight excluding hydrogens is 358 g/mol. The summed E-state index contributed by atoms with van der Waals surface area (Å²) >= 11 is 0. The van der Waals surface area contributed by atoms with E-state index in [1.807, 2.05) is 30.3 Å². The van der Waals surface area contributed by atoms with Crippen molar-refractivity contribution in [3.05, 3.63) is 64.0 Å². The molecule has 28 heavy (non-hydrogen) atoms. The molecule has 2 heterocycles. The van der Waals surface area contributed by atoms with Gasteiger partial charge in [-0.05, 0) is 43.4 Å². The third-order valence-electron chi connectivity index (χ3n) is 4.48. The highest BCUT2D eigenvalue weighted by atomic mass is 16.6. The summed E-state index contributed by atoms with van der Waals surface area (Å²) in [6.07, 6.45) is 3.42. The fraction of sp³-hybridized carbons (Fsp3) is 0.286. The maximum atomic E-state index is 10.7. The molecule has 3 rings (SSSR count). The van der Waals surface area contributed by atoms with E-state index < -0.39 is 4.92 Å². The van der Waals surface area contributed by atoms with E-state index in [2.05, 4.69) is 23.7 Å². The van der Waals surface area contributed by atoms with Gasteiger partial charge >= 0.3 is 5.88 Å². The Morgan fingerprint density at radius 1 is 1.14 bits per heavy atom. The maximum absolute atomic E-state index is 10.7. The van der Waals surface area contributed by atoms with E-state index in [-0.39, 0.29) is 5.88 Å². The number of benzene rings is 1. The number of fused-ring (bicyclic) bond motifs is 1.